The lowest BCUT2D eigenvalue weighted by Gasteiger charge is -2.27. The molecule has 0 aliphatic heterocycles. The van der Waals surface area contributed by atoms with Crippen molar-refractivity contribution in [3.05, 3.63) is 176 Å². The maximum Gasteiger partial charge on any atom is 0.136 e. The number of rotatable bonds is 5. The van der Waals surface area contributed by atoms with Crippen LogP contribution in [0.1, 0.15) is 0 Å². The fourth-order valence-corrected chi connectivity index (χ4v) is 8.62. The molecule has 2 aromatic heterocycles. The van der Waals surface area contributed by atoms with E-state index in [1.54, 1.807) is 0 Å². The summed E-state index contributed by atoms with van der Waals surface area (Å²) in [6.07, 6.45) is 0. The summed E-state index contributed by atoms with van der Waals surface area (Å²) in [6, 6.07) is 63.3. The predicted molar refractivity (Wildman–Crippen MR) is 210 cm³/mol. The predicted octanol–water partition coefficient (Wildman–Crippen LogP) is 13.9. The minimum absolute atomic E-state index is 0.899. The minimum Gasteiger partial charge on any atom is -0.456 e. The van der Waals surface area contributed by atoms with Gasteiger partial charge in [-0.2, -0.15) is 0 Å². The van der Waals surface area contributed by atoms with Gasteiger partial charge in [0.05, 0.1) is 10.4 Å². The summed E-state index contributed by atoms with van der Waals surface area (Å²) in [6.45, 7) is 0. The van der Waals surface area contributed by atoms with Gasteiger partial charge in [-0.3, -0.25) is 0 Å². The van der Waals surface area contributed by atoms with Crippen molar-refractivity contribution < 1.29 is 4.42 Å². The number of furan rings is 1. The SMILES string of the molecule is c1ccc(-c2cc(N(c3ccc4ccccc4c3)c3cccc4c3sc3ccccc34)ccc2-c2cccc3oc4ccccc4c23)cc1. The van der Waals surface area contributed by atoms with E-state index in [2.05, 4.69) is 175 Å². The second kappa shape index (κ2) is 11.2. The van der Waals surface area contributed by atoms with Gasteiger partial charge < -0.3 is 9.32 Å². The number of benzene rings is 8. The van der Waals surface area contributed by atoms with Crippen molar-refractivity contribution >= 4 is 81.3 Å². The highest BCUT2D eigenvalue weighted by molar-refractivity contribution is 7.26. The molecule has 2 nitrogen and oxygen atoms in total. The molecule has 0 aliphatic rings. The van der Waals surface area contributed by atoms with Gasteiger partial charge in [-0.05, 0) is 81.6 Å². The lowest BCUT2D eigenvalue weighted by Crippen LogP contribution is -2.10. The molecule has 230 valence electrons. The fraction of sp³-hybridized carbons (Fsp3) is 0. The third-order valence-electron chi connectivity index (χ3n) is 9.65. The second-order valence-electron chi connectivity index (χ2n) is 12.5. The van der Waals surface area contributed by atoms with Crippen LogP contribution in [0, 0.1) is 0 Å². The summed E-state index contributed by atoms with van der Waals surface area (Å²) < 4.78 is 8.90. The van der Waals surface area contributed by atoms with Gasteiger partial charge in [-0.1, -0.05) is 127 Å². The maximum atomic E-state index is 6.33. The van der Waals surface area contributed by atoms with Crippen molar-refractivity contribution in [3.8, 4) is 22.3 Å². The van der Waals surface area contributed by atoms with E-state index in [1.165, 1.54) is 53.3 Å². The molecule has 10 rings (SSSR count). The van der Waals surface area contributed by atoms with Gasteiger partial charge in [0.25, 0.3) is 0 Å². The van der Waals surface area contributed by atoms with E-state index in [-0.39, 0.29) is 0 Å². The molecule has 49 heavy (non-hydrogen) atoms. The first-order valence-corrected chi connectivity index (χ1v) is 17.4. The van der Waals surface area contributed by atoms with Gasteiger partial charge in [0.15, 0.2) is 0 Å². The van der Waals surface area contributed by atoms with E-state index in [0.717, 1.165) is 38.9 Å². The highest BCUT2D eigenvalue weighted by Crippen LogP contribution is 2.48. The minimum atomic E-state index is 0.899. The van der Waals surface area contributed by atoms with Gasteiger partial charge in [-0.25, -0.2) is 0 Å². The smallest absolute Gasteiger partial charge is 0.136 e. The number of fused-ring (bicyclic) bond motifs is 7. The highest BCUT2D eigenvalue weighted by Gasteiger charge is 2.21. The number of hydrogen-bond acceptors (Lipinski definition) is 3. The highest BCUT2D eigenvalue weighted by atomic mass is 32.1. The van der Waals surface area contributed by atoms with E-state index in [9.17, 15) is 0 Å². The Morgan fingerprint density at radius 2 is 1.12 bits per heavy atom. The summed E-state index contributed by atoms with van der Waals surface area (Å²) in [5.41, 5.74) is 9.88. The number of thiophene rings is 1. The van der Waals surface area contributed by atoms with Crippen LogP contribution >= 0.6 is 11.3 Å². The van der Waals surface area contributed by atoms with Gasteiger partial charge in [-0.15, -0.1) is 11.3 Å². The Kier molecular flexibility index (Phi) is 6.39. The van der Waals surface area contributed by atoms with Gasteiger partial charge in [0, 0.05) is 37.6 Å². The molecule has 0 bridgehead atoms. The zero-order chi connectivity index (χ0) is 32.3. The van der Waals surface area contributed by atoms with Crippen LogP contribution in [0.2, 0.25) is 0 Å². The molecule has 0 atom stereocenters. The van der Waals surface area contributed by atoms with Gasteiger partial charge in [0.1, 0.15) is 11.2 Å². The molecule has 0 fully saturated rings. The van der Waals surface area contributed by atoms with Crippen LogP contribution < -0.4 is 4.90 Å². The molecule has 3 heteroatoms. The number of anilines is 3. The second-order valence-corrected chi connectivity index (χ2v) is 13.5. The van der Waals surface area contributed by atoms with Crippen LogP contribution in [-0.4, -0.2) is 0 Å². The van der Waals surface area contributed by atoms with Crippen molar-refractivity contribution in [2.45, 2.75) is 0 Å². The van der Waals surface area contributed by atoms with Crippen molar-refractivity contribution in [1.29, 1.82) is 0 Å². The van der Waals surface area contributed by atoms with Crippen LogP contribution in [-0.2, 0) is 0 Å². The molecule has 0 amide bonds. The zero-order valence-electron chi connectivity index (χ0n) is 26.5. The number of para-hydroxylation sites is 1. The zero-order valence-corrected chi connectivity index (χ0v) is 27.3. The fourth-order valence-electron chi connectivity index (χ4n) is 7.41. The molecule has 2 heterocycles. The normalized spacial score (nSPS) is 11.7. The Morgan fingerprint density at radius 1 is 0.429 bits per heavy atom. The molecular formula is C46H29NOS. The Balaban J connectivity index is 1.26. The largest absolute Gasteiger partial charge is 0.456 e. The third-order valence-corrected chi connectivity index (χ3v) is 10.9. The van der Waals surface area contributed by atoms with Gasteiger partial charge in [0.2, 0.25) is 0 Å². The van der Waals surface area contributed by atoms with Crippen LogP contribution in [0.5, 0.6) is 0 Å². The molecule has 10 aromatic rings. The molecule has 0 aliphatic carbocycles. The Hall–Kier alpha value is -6.16. The first kappa shape index (κ1) is 27.9. The average Bonchev–Trinajstić information content (AvgIpc) is 3.74. The van der Waals surface area contributed by atoms with E-state index in [1.807, 2.05) is 17.4 Å². The van der Waals surface area contributed by atoms with Crippen molar-refractivity contribution in [3.63, 3.8) is 0 Å². The van der Waals surface area contributed by atoms with Gasteiger partial charge >= 0.3 is 0 Å². The first-order valence-electron chi connectivity index (χ1n) is 16.6. The van der Waals surface area contributed by atoms with Crippen molar-refractivity contribution in [2.75, 3.05) is 4.90 Å². The van der Waals surface area contributed by atoms with E-state index >= 15 is 0 Å². The van der Waals surface area contributed by atoms with Crippen LogP contribution in [0.25, 0.3) is 75.1 Å². The Morgan fingerprint density at radius 3 is 2.04 bits per heavy atom. The number of hydrogen-bond donors (Lipinski definition) is 0. The number of nitrogens with zero attached hydrogens (tertiary/aromatic N) is 1. The molecule has 0 spiro atoms. The van der Waals surface area contributed by atoms with Crippen molar-refractivity contribution in [1.82, 2.24) is 0 Å². The quantitative estimate of drug-likeness (QED) is 0.186. The monoisotopic (exact) mass is 643 g/mol. The average molecular weight is 644 g/mol. The van der Waals surface area contributed by atoms with E-state index in [0.29, 0.717) is 0 Å². The third kappa shape index (κ3) is 4.55. The molecular weight excluding hydrogens is 615 g/mol. The summed E-state index contributed by atoms with van der Waals surface area (Å²) in [5.74, 6) is 0. The standard InChI is InChI=1S/C46H29NOS/c1-2-13-31(14-3-1)40-29-34(26-27-35(40)37-18-11-22-43-45(37)39-17-6-8-21-42(39)48-43)47(33-25-24-30-12-4-5-15-32(30)28-33)41-20-10-19-38-36-16-7-9-23-44(36)49-46(38)41/h1-29H. The summed E-state index contributed by atoms with van der Waals surface area (Å²) >= 11 is 1.86. The van der Waals surface area contributed by atoms with Crippen LogP contribution in [0.4, 0.5) is 17.1 Å². The Bertz CT molecular complexity index is 2840. The van der Waals surface area contributed by atoms with Crippen LogP contribution in [0.15, 0.2) is 180 Å². The molecule has 8 aromatic carbocycles. The molecule has 0 saturated heterocycles. The molecule has 0 N–H and O–H groups in total. The summed E-state index contributed by atoms with van der Waals surface area (Å²) in [7, 11) is 0. The maximum absolute atomic E-state index is 6.33. The van der Waals surface area contributed by atoms with E-state index < -0.39 is 0 Å². The van der Waals surface area contributed by atoms with E-state index in [4.69, 9.17) is 4.42 Å². The van der Waals surface area contributed by atoms with Crippen molar-refractivity contribution in [2.24, 2.45) is 0 Å². The molecule has 0 radical (unpaired) electrons. The lowest BCUT2D eigenvalue weighted by atomic mass is 9.91. The Labute approximate surface area is 287 Å². The summed E-state index contributed by atoms with van der Waals surface area (Å²) in [5, 5.41) is 7.29. The lowest BCUT2D eigenvalue weighted by molar-refractivity contribution is 0.669. The molecule has 0 saturated carbocycles. The first-order chi connectivity index (χ1) is 24.3. The van der Waals surface area contributed by atoms with Crippen LogP contribution in [0.3, 0.4) is 0 Å². The topological polar surface area (TPSA) is 16.4 Å². The molecule has 0 unspecified atom stereocenters. The summed E-state index contributed by atoms with van der Waals surface area (Å²) in [4.78, 5) is 2.44.